The van der Waals surface area contributed by atoms with Crippen LogP contribution in [0.25, 0.3) is 11.0 Å². The number of imidazole rings is 1. The Balaban J connectivity index is 2.08. The molecule has 2 N–H and O–H groups in total. The summed E-state index contributed by atoms with van der Waals surface area (Å²) in [4.78, 5) is 4.60. The van der Waals surface area contributed by atoms with Crippen molar-refractivity contribution in [3.8, 4) is 0 Å². The van der Waals surface area contributed by atoms with Crippen LogP contribution in [0.4, 0.5) is 10.1 Å². The molecule has 5 heteroatoms. The zero-order chi connectivity index (χ0) is 15.0. The Morgan fingerprint density at radius 3 is 2.76 bits per heavy atom. The SMILES string of the molecule is CCc1nc2cc(N)ccc2n1Cc1ccc(F)c(Cl)c1. The Bertz CT molecular complexity index is 811. The molecular formula is C16H15ClFN3. The van der Waals surface area contributed by atoms with Crippen LogP contribution in [0.5, 0.6) is 0 Å². The lowest BCUT2D eigenvalue weighted by molar-refractivity contribution is 0.626. The van der Waals surface area contributed by atoms with Gasteiger partial charge in [-0.25, -0.2) is 9.37 Å². The molecule has 108 valence electrons. The number of benzene rings is 2. The van der Waals surface area contributed by atoms with Crippen LogP contribution in [-0.2, 0) is 13.0 Å². The minimum absolute atomic E-state index is 0.138. The summed E-state index contributed by atoms with van der Waals surface area (Å²) in [6.07, 6.45) is 0.809. The van der Waals surface area contributed by atoms with Crippen molar-refractivity contribution in [3.63, 3.8) is 0 Å². The van der Waals surface area contributed by atoms with E-state index in [9.17, 15) is 4.39 Å². The van der Waals surface area contributed by atoms with Crippen LogP contribution in [0.15, 0.2) is 36.4 Å². The van der Waals surface area contributed by atoms with E-state index in [-0.39, 0.29) is 5.02 Å². The first kappa shape index (κ1) is 13.9. The highest BCUT2D eigenvalue weighted by molar-refractivity contribution is 6.30. The van der Waals surface area contributed by atoms with E-state index in [0.717, 1.165) is 28.8 Å². The molecule has 3 aromatic rings. The van der Waals surface area contributed by atoms with E-state index in [1.165, 1.54) is 6.07 Å². The predicted octanol–water partition coefficient (Wildman–Crippen LogP) is 4.02. The maximum Gasteiger partial charge on any atom is 0.141 e. The van der Waals surface area contributed by atoms with Gasteiger partial charge in [-0.05, 0) is 35.9 Å². The fourth-order valence-electron chi connectivity index (χ4n) is 2.46. The quantitative estimate of drug-likeness (QED) is 0.743. The summed E-state index contributed by atoms with van der Waals surface area (Å²) in [5.74, 6) is 0.565. The van der Waals surface area contributed by atoms with Gasteiger partial charge in [0, 0.05) is 18.7 Å². The summed E-state index contributed by atoms with van der Waals surface area (Å²) in [5.41, 5.74) is 9.33. The van der Waals surface area contributed by atoms with Crippen LogP contribution in [0, 0.1) is 5.82 Å². The highest BCUT2D eigenvalue weighted by Gasteiger charge is 2.11. The fourth-order valence-corrected chi connectivity index (χ4v) is 2.67. The summed E-state index contributed by atoms with van der Waals surface area (Å²) in [6, 6.07) is 10.5. The van der Waals surface area contributed by atoms with Crippen molar-refractivity contribution in [1.29, 1.82) is 0 Å². The molecular weight excluding hydrogens is 289 g/mol. The van der Waals surface area contributed by atoms with Gasteiger partial charge in [0.25, 0.3) is 0 Å². The van der Waals surface area contributed by atoms with E-state index in [0.29, 0.717) is 12.2 Å². The molecule has 0 aliphatic heterocycles. The second-order valence-corrected chi connectivity index (χ2v) is 5.37. The van der Waals surface area contributed by atoms with Gasteiger partial charge in [0.15, 0.2) is 0 Å². The van der Waals surface area contributed by atoms with Gasteiger partial charge >= 0.3 is 0 Å². The van der Waals surface area contributed by atoms with E-state index in [2.05, 4.69) is 16.5 Å². The number of rotatable bonds is 3. The van der Waals surface area contributed by atoms with Crippen LogP contribution in [0.1, 0.15) is 18.3 Å². The van der Waals surface area contributed by atoms with Crippen LogP contribution in [0.3, 0.4) is 0 Å². The van der Waals surface area contributed by atoms with E-state index < -0.39 is 5.82 Å². The molecule has 0 aliphatic rings. The topological polar surface area (TPSA) is 43.8 Å². The number of anilines is 1. The van der Waals surface area contributed by atoms with Crippen molar-refractivity contribution in [3.05, 3.63) is 58.6 Å². The smallest absolute Gasteiger partial charge is 0.141 e. The number of nitrogen functional groups attached to an aromatic ring is 1. The highest BCUT2D eigenvalue weighted by atomic mass is 35.5. The first-order chi connectivity index (χ1) is 10.1. The number of hydrogen-bond donors (Lipinski definition) is 1. The van der Waals surface area contributed by atoms with Crippen LogP contribution >= 0.6 is 11.6 Å². The number of aromatic nitrogens is 2. The average molecular weight is 304 g/mol. The van der Waals surface area contributed by atoms with E-state index >= 15 is 0 Å². The zero-order valence-corrected chi connectivity index (χ0v) is 12.4. The van der Waals surface area contributed by atoms with Crippen LogP contribution in [-0.4, -0.2) is 9.55 Å². The molecule has 0 spiro atoms. The molecule has 21 heavy (non-hydrogen) atoms. The third kappa shape index (κ3) is 2.59. The maximum atomic E-state index is 13.3. The molecule has 1 aromatic heterocycles. The van der Waals surface area contributed by atoms with Crippen LogP contribution in [0.2, 0.25) is 5.02 Å². The Kier molecular flexibility index (Phi) is 3.55. The molecule has 0 aliphatic carbocycles. The molecule has 3 nitrogen and oxygen atoms in total. The van der Waals surface area contributed by atoms with Gasteiger partial charge in [0.1, 0.15) is 11.6 Å². The van der Waals surface area contributed by atoms with Gasteiger partial charge in [0.2, 0.25) is 0 Å². The van der Waals surface area contributed by atoms with Crippen molar-refractivity contribution in [2.24, 2.45) is 0 Å². The van der Waals surface area contributed by atoms with Gasteiger partial charge in [-0.15, -0.1) is 0 Å². The number of nitrogens with zero attached hydrogens (tertiary/aromatic N) is 2. The summed E-state index contributed by atoms with van der Waals surface area (Å²) in [7, 11) is 0. The molecule has 0 amide bonds. The molecule has 0 fully saturated rings. The number of nitrogens with two attached hydrogens (primary N) is 1. The lowest BCUT2D eigenvalue weighted by atomic mass is 10.2. The summed E-state index contributed by atoms with van der Waals surface area (Å²) >= 11 is 5.85. The molecule has 3 rings (SSSR count). The molecule has 0 unspecified atom stereocenters. The molecule has 0 radical (unpaired) electrons. The van der Waals surface area contributed by atoms with Gasteiger partial charge in [0.05, 0.1) is 16.1 Å². The Labute approximate surface area is 127 Å². The monoisotopic (exact) mass is 303 g/mol. The molecule has 1 heterocycles. The third-order valence-corrected chi connectivity index (χ3v) is 3.78. The summed E-state index contributed by atoms with van der Waals surface area (Å²) in [5, 5.41) is 0.138. The van der Waals surface area contributed by atoms with Gasteiger partial charge < -0.3 is 10.3 Å². The summed E-state index contributed by atoms with van der Waals surface area (Å²) in [6.45, 7) is 2.66. The van der Waals surface area contributed by atoms with Crippen LogP contribution < -0.4 is 5.73 Å². The Morgan fingerprint density at radius 2 is 2.05 bits per heavy atom. The van der Waals surface area contributed by atoms with Gasteiger partial charge in [-0.1, -0.05) is 24.6 Å². The second-order valence-electron chi connectivity index (χ2n) is 4.96. The number of aryl methyl sites for hydroxylation is 1. The van der Waals surface area contributed by atoms with Crippen molar-refractivity contribution < 1.29 is 4.39 Å². The molecule has 0 atom stereocenters. The van der Waals surface area contributed by atoms with E-state index in [4.69, 9.17) is 17.3 Å². The first-order valence-corrected chi connectivity index (χ1v) is 7.15. The first-order valence-electron chi connectivity index (χ1n) is 6.77. The highest BCUT2D eigenvalue weighted by Crippen LogP contribution is 2.22. The number of hydrogen-bond acceptors (Lipinski definition) is 2. The predicted molar refractivity (Wildman–Crippen MR) is 84.0 cm³/mol. The third-order valence-electron chi connectivity index (χ3n) is 3.49. The summed E-state index contributed by atoms with van der Waals surface area (Å²) < 4.78 is 15.4. The normalized spacial score (nSPS) is 11.2. The largest absolute Gasteiger partial charge is 0.399 e. The molecule has 0 saturated carbocycles. The van der Waals surface area contributed by atoms with E-state index in [1.807, 2.05) is 18.2 Å². The zero-order valence-electron chi connectivity index (χ0n) is 11.6. The van der Waals surface area contributed by atoms with Gasteiger partial charge in [-0.3, -0.25) is 0 Å². The van der Waals surface area contributed by atoms with Crippen molar-refractivity contribution in [2.45, 2.75) is 19.9 Å². The Morgan fingerprint density at radius 1 is 1.24 bits per heavy atom. The minimum Gasteiger partial charge on any atom is -0.399 e. The van der Waals surface area contributed by atoms with Crippen molar-refractivity contribution in [1.82, 2.24) is 9.55 Å². The maximum absolute atomic E-state index is 13.3. The van der Waals surface area contributed by atoms with Crippen molar-refractivity contribution in [2.75, 3.05) is 5.73 Å². The standard InChI is InChI=1S/C16H15ClFN3/c1-2-16-20-14-8-11(19)4-6-15(14)21(16)9-10-3-5-13(18)12(17)7-10/h3-8H,2,9,19H2,1H3. The second kappa shape index (κ2) is 5.37. The Hall–Kier alpha value is -2.07. The van der Waals surface area contributed by atoms with Gasteiger partial charge in [-0.2, -0.15) is 0 Å². The number of fused-ring (bicyclic) bond motifs is 1. The van der Waals surface area contributed by atoms with E-state index in [1.54, 1.807) is 12.1 Å². The molecule has 0 saturated heterocycles. The fraction of sp³-hybridized carbons (Fsp3) is 0.188. The van der Waals surface area contributed by atoms with Crippen molar-refractivity contribution >= 4 is 28.3 Å². The average Bonchev–Trinajstić information content (AvgIpc) is 2.80. The molecule has 2 aromatic carbocycles. The minimum atomic E-state index is -0.403. The lowest BCUT2D eigenvalue weighted by Crippen LogP contribution is -2.04. The molecule has 0 bridgehead atoms. The number of halogens is 2. The lowest BCUT2D eigenvalue weighted by Gasteiger charge is -2.09.